The Balaban J connectivity index is 1.55. The molecular weight excluding hydrogens is 282 g/mol. The van der Waals surface area contributed by atoms with Crippen LogP contribution in [0.2, 0.25) is 0 Å². The molecule has 1 aromatic heterocycles. The first-order valence-electron chi connectivity index (χ1n) is 7.92. The van der Waals surface area contributed by atoms with Crippen LogP contribution in [0.4, 0.5) is 4.79 Å². The van der Waals surface area contributed by atoms with Crippen LogP contribution >= 0.6 is 0 Å². The van der Waals surface area contributed by atoms with E-state index in [4.69, 9.17) is 9.47 Å². The molecule has 2 atom stereocenters. The molecule has 1 saturated heterocycles. The van der Waals surface area contributed by atoms with Gasteiger partial charge in [0.1, 0.15) is 0 Å². The van der Waals surface area contributed by atoms with Crippen molar-refractivity contribution in [3.8, 4) is 5.88 Å². The van der Waals surface area contributed by atoms with Gasteiger partial charge < -0.3 is 20.1 Å². The molecule has 2 aliphatic rings. The summed E-state index contributed by atoms with van der Waals surface area (Å²) in [5, 5.41) is 5.98. The van der Waals surface area contributed by atoms with Gasteiger partial charge in [0.15, 0.2) is 0 Å². The number of hydrogen-bond donors (Lipinski definition) is 2. The van der Waals surface area contributed by atoms with Crippen molar-refractivity contribution in [3.63, 3.8) is 0 Å². The number of aromatic nitrogens is 1. The zero-order valence-corrected chi connectivity index (χ0v) is 12.9. The van der Waals surface area contributed by atoms with Crippen molar-refractivity contribution < 1.29 is 14.3 Å². The highest BCUT2D eigenvalue weighted by Gasteiger charge is 2.33. The Kier molecular flexibility index (Phi) is 4.77. The van der Waals surface area contributed by atoms with Crippen molar-refractivity contribution in [1.82, 2.24) is 15.6 Å². The minimum Gasteiger partial charge on any atom is -0.481 e. The van der Waals surface area contributed by atoms with Crippen LogP contribution < -0.4 is 15.4 Å². The number of hydrogen-bond acceptors (Lipinski definition) is 4. The maximum atomic E-state index is 12.1. The van der Waals surface area contributed by atoms with E-state index in [9.17, 15) is 4.79 Å². The average molecular weight is 305 g/mol. The van der Waals surface area contributed by atoms with E-state index >= 15 is 0 Å². The van der Waals surface area contributed by atoms with Crippen molar-refractivity contribution in [2.45, 2.75) is 37.8 Å². The summed E-state index contributed by atoms with van der Waals surface area (Å²) in [5.74, 6) is 1.09. The lowest BCUT2D eigenvalue weighted by atomic mass is 10.0. The Hall–Kier alpha value is -1.82. The van der Waals surface area contributed by atoms with E-state index < -0.39 is 0 Å². The topological polar surface area (TPSA) is 72.5 Å². The minimum absolute atomic E-state index is 0.0166. The van der Waals surface area contributed by atoms with Crippen molar-refractivity contribution >= 4 is 6.03 Å². The second kappa shape index (κ2) is 6.96. The van der Waals surface area contributed by atoms with Gasteiger partial charge in [-0.25, -0.2) is 9.78 Å². The first-order chi connectivity index (χ1) is 10.8. The van der Waals surface area contributed by atoms with E-state index in [-0.39, 0.29) is 18.2 Å². The summed E-state index contributed by atoms with van der Waals surface area (Å²) in [6.07, 6.45) is 6.33. The summed E-state index contributed by atoms with van der Waals surface area (Å²) in [6.45, 7) is 1.38. The van der Waals surface area contributed by atoms with Gasteiger partial charge >= 0.3 is 6.03 Å². The largest absolute Gasteiger partial charge is 0.481 e. The van der Waals surface area contributed by atoms with Gasteiger partial charge in [-0.2, -0.15) is 0 Å². The van der Waals surface area contributed by atoms with Crippen LogP contribution in [0.3, 0.4) is 0 Å². The highest BCUT2D eigenvalue weighted by Crippen LogP contribution is 2.40. The lowest BCUT2D eigenvalue weighted by Gasteiger charge is -2.20. The molecule has 2 amide bonds. The lowest BCUT2D eigenvalue weighted by molar-refractivity contribution is 0.111. The molecular formula is C16H23N3O3. The monoisotopic (exact) mass is 305 g/mol. The zero-order chi connectivity index (χ0) is 15.4. The number of pyridine rings is 1. The van der Waals surface area contributed by atoms with E-state index in [2.05, 4.69) is 15.6 Å². The smallest absolute Gasteiger partial charge is 0.315 e. The van der Waals surface area contributed by atoms with Crippen LogP contribution in [-0.2, 0) is 4.74 Å². The van der Waals surface area contributed by atoms with Gasteiger partial charge in [0.05, 0.1) is 19.3 Å². The number of amides is 2. The number of carbonyl (C=O) groups is 1. The lowest BCUT2D eigenvalue weighted by Crippen LogP contribution is -2.41. The van der Waals surface area contributed by atoms with Crippen molar-refractivity contribution in [3.05, 3.63) is 23.9 Å². The van der Waals surface area contributed by atoms with Gasteiger partial charge in [0, 0.05) is 25.4 Å². The van der Waals surface area contributed by atoms with Gasteiger partial charge in [0.2, 0.25) is 5.88 Å². The van der Waals surface area contributed by atoms with Gasteiger partial charge in [-0.3, -0.25) is 0 Å². The molecule has 2 unspecified atom stereocenters. The van der Waals surface area contributed by atoms with Gasteiger partial charge in [0.25, 0.3) is 0 Å². The van der Waals surface area contributed by atoms with Gasteiger partial charge in [-0.15, -0.1) is 0 Å². The second-order valence-electron chi connectivity index (χ2n) is 5.94. The minimum atomic E-state index is -0.136. The summed E-state index contributed by atoms with van der Waals surface area (Å²) in [4.78, 5) is 16.3. The second-order valence-corrected chi connectivity index (χ2v) is 5.94. The van der Waals surface area contributed by atoms with Crippen LogP contribution in [0.1, 0.15) is 37.3 Å². The number of nitrogens with one attached hydrogen (secondary N) is 2. The molecule has 6 nitrogen and oxygen atoms in total. The van der Waals surface area contributed by atoms with Crippen LogP contribution in [0.5, 0.6) is 5.88 Å². The maximum absolute atomic E-state index is 12.1. The summed E-state index contributed by atoms with van der Waals surface area (Å²) >= 11 is 0. The molecule has 1 aromatic rings. The molecule has 120 valence electrons. The van der Waals surface area contributed by atoms with Crippen LogP contribution in [0, 0.1) is 5.92 Å². The number of urea groups is 1. The van der Waals surface area contributed by atoms with E-state index in [0.29, 0.717) is 18.3 Å². The standard InChI is InChI=1S/C16H23N3O3/c1-21-14-7-6-12(9-17-14)15(11-4-5-11)19-16(20)18-10-13-3-2-8-22-13/h6-7,9,11,13,15H,2-5,8,10H2,1H3,(H2,18,19,20). The number of carbonyl (C=O) groups excluding carboxylic acids is 1. The normalized spacial score (nSPS) is 22.1. The predicted molar refractivity (Wildman–Crippen MR) is 81.8 cm³/mol. The average Bonchev–Trinajstić information content (AvgIpc) is 3.26. The maximum Gasteiger partial charge on any atom is 0.315 e. The highest BCUT2D eigenvalue weighted by atomic mass is 16.5. The molecule has 1 aliphatic carbocycles. The Morgan fingerprint density at radius 3 is 2.91 bits per heavy atom. The molecule has 0 radical (unpaired) electrons. The SMILES string of the molecule is COc1ccc(C(NC(=O)NCC2CCCO2)C2CC2)cn1. The molecule has 22 heavy (non-hydrogen) atoms. The Bertz CT molecular complexity index is 496. The molecule has 2 heterocycles. The van der Waals surface area contributed by atoms with Crippen LogP contribution in [0.15, 0.2) is 18.3 Å². The third-order valence-electron chi connectivity index (χ3n) is 4.22. The molecule has 1 aliphatic heterocycles. The highest BCUT2D eigenvalue weighted by molar-refractivity contribution is 5.74. The molecule has 0 aromatic carbocycles. The van der Waals surface area contributed by atoms with Gasteiger partial charge in [-0.1, -0.05) is 6.07 Å². The van der Waals surface area contributed by atoms with Crippen molar-refractivity contribution in [2.24, 2.45) is 5.92 Å². The molecule has 2 N–H and O–H groups in total. The van der Waals surface area contributed by atoms with Crippen molar-refractivity contribution in [2.75, 3.05) is 20.3 Å². The number of nitrogens with zero attached hydrogens (tertiary/aromatic N) is 1. The number of rotatable bonds is 6. The van der Waals surface area contributed by atoms with E-state index in [0.717, 1.165) is 37.9 Å². The summed E-state index contributed by atoms with van der Waals surface area (Å²) in [7, 11) is 1.59. The van der Waals surface area contributed by atoms with E-state index in [1.807, 2.05) is 12.1 Å². The van der Waals surface area contributed by atoms with E-state index in [1.165, 1.54) is 0 Å². The zero-order valence-electron chi connectivity index (χ0n) is 12.9. The summed E-state index contributed by atoms with van der Waals surface area (Å²) < 4.78 is 10.6. The fourth-order valence-electron chi connectivity index (χ4n) is 2.80. The summed E-state index contributed by atoms with van der Waals surface area (Å²) in [6, 6.07) is 3.68. The van der Waals surface area contributed by atoms with Crippen LogP contribution in [-0.4, -0.2) is 37.4 Å². The predicted octanol–water partition coefficient (Wildman–Crippen LogP) is 2.02. The molecule has 1 saturated carbocycles. The quantitative estimate of drug-likeness (QED) is 0.843. The first-order valence-corrected chi connectivity index (χ1v) is 7.92. The third-order valence-corrected chi connectivity index (χ3v) is 4.22. The van der Waals surface area contributed by atoms with Crippen LogP contribution in [0.25, 0.3) is 0 Å². The molecule has 0 spiro atoms. The molecule has 0 bridgehead atoms. The summed E-state index contributed by atoms with van der Waals surface area (Å²) in [5.41, 5.74) is 1.02. The molecule has 6 heteroatoms. The first kappa shape index (κ1) is 15.1. The van der Waals surface area contributed by atoms with Crippen molar-refractivity contribution in [1.29, 1.82) is 0 Å². The fraction of sp³-hybridized carbons (Fsp3) is 0.625. The van der Waals surface area contributed by atoms with Gasteiger partial charge in [-0.05, 0) is 37.2 Å². The Morgan fingerprint density at radius 1 is 1.45 bits per heavy atom. The molecule has 3 rings (SSSR count). The number of ether oxygens (including phenoxy) is 2. The third kappa shape index (κ3) is 3.88. The number of methoxy groups -OCH3 is 1. The molecule has 2 fully saturated rings. The Morgan fingerprint density at radius 2 is 2.32 bits per heavy atom. The van der Waals surface area contributed by atoms with E-state index in [1.54, 1.807) is 13.3 Å². The Labute approximate surface area is 130 Å². The fourth-order valence-corrected chi connectivity index (χ4v) is 2.80.